The molecule has 10 heteroatoms. The molecule has 0 saturated carbocycles. The molecule has 0 atom stereocenters. The molecule has 1 aliphatic rings. The molecule has 0 unspecified atom stereocenters. The molecule has 0 amide bonds. The number of sulfonamides is 1. The summed E-state index contributed by atoms with van der Waals surface area (Å²) in [7, 11) is -4.11. The van der Waals surface area contributed by atoms with Crippen molar-refractivity contribution in [3.8, 4) is 0 Å². The number of hydrogen-bond donors (Lipinski definition) is 2. The summed E-state index contributed by atoms with van der Waals surface area (Å²) in [5, 5.41) is 15.8. The number of nitrogens with one attached hydrogen (secondary N) is 2. The highest BCUT2D eigenvalue weighted by atomic mass is 35.5. The van der Waals surface area contributed by atoms with E-state index in [1.165, 1.54) is 42.0 Å². The first-order valence-electron chi connectivity index (χ1n) is 8.31. The third kappa shape index (κ3) is 4.68. The summed E-state index contributed by atoms with van der Waals surface area (Å²) in [5.74, 6) is 0. The summed E-state index contributed by atoms with van der Waals surface area (Å²) in [5.41, 5.74) is 4.76. The molecule has 2 N–H and O–H groups in total. The maximum atomic E-state index is 12.9. The molecule has 8 nitrogen and oxygen atoms in total. The summed E-state index contributed by atoms with van der Waals surface area (Å²) in [6, 6.07) is 9.60. The standard InChI is InChI=1S/C18H17ClN4O4S/c1-12-2-5-15(10-12)20-21-17-9-8-16(23(24)25)11-18(17)28(26,27)22-14-6-3-13(19)4-7-14/h3-4,6-11,21-22H,2,5H2,1H3. The number of allylic oxidation sites excluding steroid dienone is 2. The first-order valence-corrected chi connectivity index (χ1v) is 10.2. The fourth-order valence-electron chi connectivity index (χ4n) is 2.64. The Morgan fingerprint density at radius 3 is 2.46 bits per heavy atom. The molecule has 28 heavy (non-hydrogen) atoms. The monoisotopic (exact) mass is 420 g/mol. The van der Waals surface area contributed by atoms with Crippen LogP contribution in [0.4, 0.5) is 17.1 Å². The average Bonchev–Trinajstić information content (AvgIpc) is 3.07. The molecule has 0 spiro atoms. The molecular weight excluding hydrogens is 404 g/mol. The van der Waals surface area contributed by atoms with E-state index in [4.69, 9.17) is 11.6 Å². The molecule has 2 aromatic carbocycles. The molecule has 3 rings (SSSR count). The Labute approximate surface area is 167 Å². The molecule has 0 aromatic heterocycles. The zero-order valence-corrected chi connectivity index (χ0v) is 16.4. The van der Waals surface area contributed by atoms with E-state index >= 15 is 0 Å². The van der Waals surface area contributed by atoms with Gasteiger partial charge in [0.05, 0.1) is 16.3 Å². The van der Waals surface area contributed by atoms with Gasteiger partial charge in [-0.05, 0) is 56.2 Å². The Kier molecular flexibility index (Phi) is 5.66. The van der Waals surface area contributed by atoms with Crippen LogP contribution in [0, 0.1) is 10.1 Å². The molecule has 2 aromatic rings. The van der Waals surface area contributed by atoms with Gasteiger partial charge >= 0.3 is 0 Å². The van der Waals surface area contributed by atoms with Gasteiger partial charge in [-0.25, -0.2) is 8.42 Å². The van der Waals surface area contributed by atoms with E-state index < -0.39 is 14.9 Å². The summed E-state index contributed by atoms with van der Waals surface area (Å²) < 4.78 is 28.1. The Hall–Kier alpha value is -2.91. The second-order valence-corrected chi connectivity index (χ2v) is 8.34. The molecule has 0 bridgehead atoms. The largest absolute Gasteiger partial charge is 0.280 e. The lowest BCUT2D eigenvalue weighted by atomic mass is 10.3. The SMILES string of the molecule is CC1=CC(=NNc2ccc([N+](=O)[O-])cc2S(=O)(=O)Nc2ccc(Cl)cc2)CC1. The summed E-state index contributed by atoms with van der Waals surface area (Å²) >= 11 is 5.81. The van der Waals surface area contributed by atoms with Gasteiger partial charge in [-0.1, -0.05) is 17.2 Å². The number of anilines is 2. The van der Waals surface area contributed by atoms with Gasteiger partial charge in [0.15, 0.2) is 0 Å². The first-order chi connectivity index (χ1) is 13.2. The van der Waals surface area contributed by atoms with Gasteiger partial charge in [0.2, 0.25) is 0 Å². The molecule has 0 fully saturated rings. The summed E-state index contributed by atoms with van der Waals surface area (Å²) in [6.07, 6.45) is 3.56. The summed E-state index contributed by atoms with van der Waals surface area (Å²) in [4.78, 5) is 10.2. The maximum absolute atomic E-state index is 12.9. The van der Waals surface area contributed by atoms with Gasteiger partial charge in [0.1, 0.15) is 4.90 Å². The van der Waals surface area contributed by atoms with Crippen LogP contribution in [0.15, 0.2) is 64.1 Å². The fraction of sp³-hybridized carbons (Fsp3) is 0.167. The lowest BCUT2D eigenvalue weighted by Gasteiger charge is -2.12. The van der Waals surface area contributed by atoms with E-state index in [-0.39, 0.29) is 22.0 Å². The molecule has 0 saturated heterocycles. The number of benzene rings is 2. The Morgan fingerprint density at radius 2 is 1.86 bits per heavy atom. The Morgan fingerprint density at radius 1 is 1.14 bits per heavy atom. The zero-order chi connectivity index (χ0) is 20.3. The van der Waals surface area contributed by atoms with Gasteiger partial charge in [-0.3, -0.25) is 20.3 Å². The van der Waals surface area contributed by atoms with E-state index in [9.17, 15) is 18.5 Å². The van der Waals surface area contributed by atoms with Crippen LogP contribution in [-0.4, -0.2) is 19.1 Å². The molecule has 146 valence electrons. The Bertz CT molecular complexity index is 1080. The van der Waals surface area contributed by atoms with E-state index in [2.05, 4.69) is 15.2 Å². The van der Waals surface area contributed by atoms with Crippen molar-refractivity contribution in [3.05, 3.63) is 69.3 Å². The van der Waals surface area contributed by atoms with Crippen molar-refractivity contribution < 1.29 is 13.3 Å². The highest BCUT2D eigenvalue weighted by Gasteiger charge is 2.23. The van der Waals surface area contributed by atoms with E-state index in [0.29, 0.717) is 5.02 Å². The molecule has 0 aliphatic heterocycles. The quantitative estimate of drug-likeness (QED) is 0.525. The van der Waals surface area contributed by atoms with E-state index in [0.717, 1.165) is 24.6 Å². The van der Waals surface area contributed by atoms with Crippen LogP contribution in [0.25, 0.3) is 0 Å². The second kappa shape index (κ2) is 7.99. The van der Waals surface area contributed by atoms with Crippen molar-refractivity contribution in [2.24, 2.45) is 5.10 Å². The molecule has 0 radical (unpaired) electrons. The van der Waals surface area contributed by atoms with Crippen molar-refractivity contribution in [1.29, 1.82) is 0 Å². The lowest BCUT2D eigenvalue weighted by Crippen LogP contribution is -2.15. The predicted molar refractivity (Wildman–Crippen MR) is 109 cm³/mol. The van der Waals surface area contributed by atoms with Crippen molar-refractivity contribution >= 4 is 44.4 Å². The van der Waals surface area contributed by atoms with Crippen LogP contribution in [-0.2, 0) is 10.0 Å². The van der Waals surface area contributed by atoms with E-state index in [1.54, 1.807) is 0 Å². The summed E-state index contributed by atoms with van der Waals surface area (Å²) in [6.45, 7) is 1.99. The minimum absolute atomic E-state index is 0.137. The van der Waals surface area contributed by atoms with Crippen molar-refractivity contribution in [3.63, 3.8) is 0 Å². The average molecular weight is 421 g/mol. The number of hydrazone groups is 1. The number of hydrogen-bond acceptors (Lipinski definition) is 6. The second-order valence-electron chi connectivity index (χ2n) is 6.26. The molecule has 1 aliphatic carbocycles. The van der Waals surface area contributed by atoms with Crippen LogP contribution in [0.5, 0.6) is 0 Å². The number of nitro benzene ring substituents is 1. The number of halogens is 1. The predicted octanol–water partition coefficient (Wildman–Crippen LogP) is 4.56. The number of nitro groups is 1. The smallest absolute Gasteiger partial charge is 0.270 e. The van der Waals surface area contributed by atoms with Crippen LogP contribution < -0.4 is 10.1 Å². The topological polar surface area (TPSA) is 114 Å². The van der Waals surface area contributed by atoms with Crippen molar-refractivity contribution in [1.82, 2.24) is 0 Å². The van der Waals surface area contributed by atoms with Crippen LogP contribution in [0.2, 0.25) is 5.02 Å². The minimum Gasteiger partial charge on any atom is -0.280 e. The van der Waals surface area contributed by atoms with Crippen LogP contribution in [0.3, 0.4) is 0 Å². The highest BCUT2D eigenvalue weighted by molar-refractivity contribution is 7.92. The molecular formula is C18H17ClN4O4S. The molecule has 0 heterocycles. The van der Waals surface area contributed by atoms with Crippen LogP contribution >= 0.6 is 11.6 Å². The van der Waals surface area contributed by atoms with Gasteiger partial charge in [0.25, 0.3) is 15.7 Å². The maximum Gasteiger partial charge on any atom is 0.270 e. The van der Waals surface area contributed by atoms with Gasteiger partial charge < -0.3 is 0 Å². The lowest BCUT2D eigenvalue weighted by molar-refractivity contribution is -0.385. The van der Waals surface area contributed by atoms with E-state index in [1.807, 2.05) is 13.0 Å². The number of nitrogens with zero attached hydrogens (tertiary/aromatic N) is 2. The zero-order valence-electron chi connectivity index (χ0n) is 14.8. The van der Waals surface area contributed by atoms with Crippen molar-refractivity contribution in [2.45, 2.75) is 24.7 Å². The number of non-ortho nitro benzene ring substituents is 1. The fourth-order valence-corrected chi connectivity index (χ4v) is 4.00. The Balaban J connectivity index is 1.97. The first kappa shape index (κ1) is 19.8. The van der Waals surface area contributed by atoms with Crippen molar-refractivity contribution in [2.75, 3.05) is 10.1 Å². The third-order valence-electron chi connectivity index (χ3n) is 4.07. The highest BCUT2D eigenvalue weighted by Crippen LogP contribution is 2.29. The minimum atomic E-state index is -4.11. The van der Waals surface area contributed by atoms with Gasteiger partial charge in [-0.2, -0.15) is 5.10 Å². The number of rotatable bonds is 6. The third-order valence-corrected chi connectivity index (χ3v) is 5.74. The van der Waals surface area contributed by atoms with Gasteiger partial charge in [-0.15, -0.1) is 0 Å². The van der Waals surface area contributed by atoms with Crippen LogP contribution in [0.1, 0.15) is 19.8 Å². The normalized spacial score (nSPS) is 15.4. The van der Waals surface area contributed by atoms with Gasteiger partial charge in [0, 0.05) is 22.8 Å².